The number of β-amino-alcohol motifs (C(OH)–C–C–N with tert-alkyl or cyclic N) is 1. The average Bonchev–Trinajstić information content (AvgIpc) is 3.93. The first-order valence-corrected chi connectivity index (χ1v) is 23.8. The number of carbonyl (C=O) groups is 9. The van der Waals surface area contributed by atoms with E-state index in [1.807, 2.05) is 6.08 Å². The van der Waals surface area contributed by atoms with E-state index < -0.39 is 157 Å². The van der Waals surface area contributed by atoms with Crippen molar-refractivity contribution in [3.05, 3.63) is 23.4 Å². The summed E-state index contributed by atoms with van der Waals surface area (Å²) in [6.07, 6.45) is -0.680. The monoisotopic (exact) mass is 973 g/mol. The number of aliphatic hydroxyl groups excluding tert-OH is 3. The molecule has 0 aromatic carbocycles. The van der Waals surface area contributed by atoms with Crippen LogP contribution in [0.1, 0.15) is 60.3 Å². The number of allylic oxidation sites excluding steroid dienone is 1. The maximum atomic E-state index is 14.1. The second-order valence-corrected chi connectivity index (χ2v) is 19.0. The average molecular weight is 974 g/mol. The Morgan fingerprint density at radius 1 is 0.955 bits per heavy atom. The van der Waals surface area contributed by atoms with Crippen molar-refractivity contribution in [2.45, 2.75) is 108 Å². The molecule has 2 aliphatic heterocycles. The first-order chi connectivity index (χ1) is 31.0. The maximum Gasteiger partial charge on any atom is 0.248 e. The molecule has 9 amide bonds. The van der Waals surface area contributed by atoms with Crippen molar-refractivity contribution in [1.29, 1.82) is 0 Å². The zero-order valence-electron chi connectivity index (χ0n) is 37.9. The number of likely N-dealkylation sites (tertiary alicyclic amines) is 1. The van der Waals surface area contributed by atoms with Crippen LogP contribution in [0.2, 0.25) is 0 Å². The molecule has 0 aromatic rings. The fourth-order valence-corrected chi connectivity index (χ4v) is 8.93. The second-order valence-electron chi connectivity index (χ2n) is 16.2. The molecular formula is C40H67N11O13S2. The summed E-state index contributed by atoms with van der Waals surface area (Å²) in [7, 11) is 0. The number of rotatable bonds is 28. The van der Waals surface area contributed by atoms with Crippen LogP contribution < -0.4 is 54.0 Å². The van der Waals surface area contributed by atoms with Crippen LogP contribution in [0.3, 0.4) is 0 Å². The van der Waals surface area contributed by atoms with Gasteiger partial charge in [0.05, 0.1) is 38.3 Å². The number of primary amides is 2. The molecule has 0 radical (unpaired) electrons. The fraction of sp³-hybridized carbons (Fsp3) is 0.675. The maximum absolute atomic E-state index is 14.1. The zero-order chi connectivity index (χ0) is 49.8. The molecule has 1 unspecified atom stereocenters. The standard InChI is InChI=1S/C40H67N11O13S2/c1-7-20(2)34(49-33(58)15-44-23(5)53)39(62)45-16-32(57)47-28(19-66(64)24(6)46-21(3)9-11-65-26-8-10-43-14-26)37(60)48-27(13-31(41)56)40(63)51-17-25(54)12-29(51)38(61)50-35(36(42)59)22(4)30(55)18-52/h9,20,22,25-30,34-35,43,46,52,54-55H,6-8,10-19H2,1-5H3,(H2,41,56)(H2,42,59)(H,44,53)(H,45,62)(H,47,57)(H,48,60)(H,49,58)(H,50,61)/b21-9-/t20-,22-,25+,26+,27-,28-,29-,30-,34-,35-,66?/m0/s1. The van der Waals surface area contributed by atoms with Gasteiger partial charge in [-0.2, -0.15) is 11.8 Å². The van der Waals surface area contributed by atoms with Crippen molar-refractivity contribution in [2.24, 2.45) is 23.3 Å². The normalized spacial score (nSPS) is 20.8. The van der Waals surface area contributed by atoms with Gasteiger partial charge >= 0.3 is 0 Å². The molecule has 26 heteroatoms. The molecule has 2 aliphatic rings. The van der Waals surface area contributed by atoms with Crippen LogP contribution >= 0.6 is 11.8 Å². The highest BCUT2D eigenvalue weighted by atomic mass is 32.2. The molecule has 2 saturated heterocycles. The first kappa shape index (κ1) is 57.1. The van der Waals surface area contributed by atoms with Crippen LogP contribution in [-0.4, -0.2) is 176 Å². The molecular weight excluding hydrogens is 907 g/mol. The molecule has 372 valence electrons. The van der Waals surface area contributed by atoms with Crippen molar-refractivity contribution in [3.8, 4) is 0 Å². The molecule has 0 aromatic heterocycles. The predicted molar refractivity (Wildman–Crippen MR) is 243 cm³/mol. The van der Waals surface area contributed by atoms with Gasteiger partial charge in [0.2, 0.25) is 58.2 Å². The van der Waals surface area contributed by atoms with Crippen molar-refractivity contribution in [2.75, 3.05) is 50.8 Å². The van der Waals surface area contributed by atoms with Gasteiger partial charge in [0.25, 0.3) is 0 Å². The molecule has 15 N–H and O–H groups in total. The lowest BCUT2D eigenvalue weighted by Crippen LogP contribution is -2.60. The van der Waals surface area contributed by atoms with E-state index in [0.29, 0.717) is 23.1 Å². The highest BCUT2D eigenvalue weighted by Crippen LogP contribution is 2.22. The lowest BCUT2D eigenvalue weighted by atomic mass is 9.95. The Bertz CT molecular complexity index is 1790. The quantitative estimate of drug-likeness (QED) is 0.0325. The minimum absolute atomic E-state index is 0.0530. The van der Waals surface area contributed by atoms with E-state index in [9.17, 15) is 63.0 Å². The summed E-state index contributed by atoms with van der Waals surface area (Å²) in [5.41, 5.74) is 11.5. The number of aliphatic hydroxyl groups is 3. The first-order valence-electron chi connectivity index (χ1n) is 21.4. The zero-order valence-corrected chi connectivity index (χ0v) is 39.5. The Hall–Kier alpha value is -4.99. The van der Waals surface area contributed by atoms with Crippen LogP contribution in [0.5, 0.6) is 0 Å². The van der Waals surface area contributed by atoms with Crippen molar-refractivity contribution in [1.82, 2.24) is 47.4 Å². The molecule has 0 bridgehead atoms. The van der Waals surface area contributed by atoms with E-state index in [1.54, 1.807) is 32.5 Å². The molecule has 0 spiro atoms. The number of nitrogens with zero attached hydrogens (tertiary/aromatic N) is 1. The lowest BCUT2D eigenvalue weighted by molar-refractivity contribution is -0.143. The predicted octanol–water partition coefficient (Wildman–Crippen LogP) is -5.66. The summed E-state index contributed by atoms with van der Waals surface area (Å²) in [6, 6.07) is -7.74. The number of hydrogen-bond acceptors (Lipinski definition) is 16. The van der Waals surface area contributed by atoms with Gasteiger partial charge in [-0.25, -0.2) is 0 Å². The van der Waals surface area contributed by atoms with Gasteiger partial charge in [-0.1, -0.05) is 33.3 Å². The van der Waals surface area contributed by atoms with Gasteiger partial charge in [0.1, 0.15) is 29.9 Å². The molecule has 2 rings (SSSR count). The lowest BCUT2D eigenvalue weighted by Gasteiger charge is -2.31. The summed E-state index contributed by atoms with van der Waals surface area (Å²) in [5, 5.41) is 50.9. The van der Waals surface area contributed by atoms with Crippen LogP contribution in [0.15, 0.2) is 23.4 Å². The van der Waals surface area contributed by atoms with Gasteiger partial charge in [-0.15, -0.1) is 0 Å². The molecule has 2 heterocycles. The molecule has 0 aliphatic carbocycles. The van der Waals surface area contributed by atoms with Crippen LogP contribution in [0.4, 0.5) is 0 Å². The highest BCUT2D eigenvalue weighted by Gasteiger charge is 2.44. The van der Waals surface area contributed by atoms with Gasteiger partial charge in [0, 0.05) is 60.2 Å². The van der Waals surface area contributed by atoms with Crippen molar-refractivity contribution >= 4 is 76.1 Å². The number of thioether (sulfide) groups is 1. The molecule has 0 saturated carbocycles. The fourth-order valence-electron chi connectivity index (χ4n) is 6.78. The molecule has 2 fully saturated rings. The number of hydrogen-bond donors (Lipinski definition) is 13. The smallest absolute Gasteiger partial charge is 0.248 e. The Morgan fingerprint density at radius 2 is 1.61 bits per heavy atom. The van der Waals surface area contributed by atoms with Crippen LogP contribution in [0, 0.1) is 11.8 Å². The Balaban J connectivity index is 2.37. The summed E-state index contributed by atoms with van der Waals surface area (Å²) in [5.74, 6) is -9.86. The molecule has 24 nitrogen and oxygen atoms in total. The molecule has 66 heavy (non-hydrogen) atoms. The van der Waals surface area contributed by atoms with E-state index in [-0.39, 0.29) is 11.4 Å². The van der Waals surface area contributed by atoms with E-state index in [1.165, 1.54) is 13.8 Å². The van der Waals surface area contributed by atoms with E-state index >= 15 is 0 Å². The van der Waals surface area contributed by atoms with Gasteiger partial charge in [-0.3, -0.25) is 43.2 Å². The van der Waals surface area contributed by atoms with E-state index in [4.69, 9.17) is 11.5 Å². The van der Waals surface area contributed by atoms with Crippen molar-refractivity contribution in [3.63, 3.8) is 0 Å². The Morgan fingerprint density at radius 3 is 2.18 bits per heavy atom. The summed E-state index contributed by atoms with van der Waals surface area (Å²) in [6.45, 7) is 10.9. The number of nitrogens with two attached hydrogens (primary N) is 2. The van der Waals surface area contributed by atoms with Gasteiger partial charge < -0.3 is 78.8 Å². The third-order valence-corrected chi connectivity index (χ3v) is 13.4. The number of carbonyl (C=O) groups excluding carboxylic acids is 9. The largest absolute Gasteiger partial charge is 0.610 e. The van der Waals surface area contributed by atoms with E-state index in [2.05, 4.69) is 49.1 Å². The minimum atomic E-state index is -2.12. The van der Waals surface area contributed by atoms with Crippen molar-refractivity contribution < 1.29 is 63.0 Å². The topological polar surface area (TPSA) is 389 Å². The summed E-state index contributed by atoms with van der Waals surface area (Å²) in [4.78, 5) is 117. The highest BCUT2D eigenvalue weighted by molar-refractivity contribution is 8.00. The third-order valence-electron chi connectivity index (χ3n) is 10.9. The van der Waals surface area contributed by atoms with E-state index in [0.717, 1.165) is 24.4 Å². The van der Waals surface area contributed by atoms with Crippen LogP contribution in [0.25, 0.3) is 0 Å². The Labute approximate surface area is 390 Å². The number of nitrogens with one attached hydrogen (secondary N) is 8. The molecule has 11 atom stereocenters. The third kappa shape index (κ3) is 19.1. The van der Waals surface area contributed by atoms with Gasteiger partial charge in [0.15, 0.2) is 6.04 Å². The SMILES string of the molecule is C=C(N/C(C)=C\CS[C@@H]1CCNC1)[S+]([O-])C[C@H](NC(=O)CNC(=O)[C@@H](NC(=O)CNC(C)=O)[C@@H](C)CC)C(=O)N[C@@H](CC(N)=O)C(=O)N1C[C@H](O)C[C@H]1C(=O)N[C@H](C(N)=O)[C@@H](C)[C@@H](O)CO. The summed E-state index contributed by atoms with van der Waals surface area (Å²) >= 11 is -0.392. The number of amides is 9. The van der Waals surface area contributed by atoms with Gasteiger partial charge in [-0.05, 0) is 32.4 Å². The summed E-state index contributed by atoms with van der Waals surface area (Å²) < 4.78 is 13.7. The van der Waals surface area contributed by atoms with Crippen LogP contribution in [-0.2, 0) is 54.3 Å². The Kier molecular flexibility index (Phi) is 24.5. The second kappa shape index (κ2) is 28.2. The minimum Gasteiger partial charge on any atom is -0.610 e.